The molecule has 3 heteroatoms. The first-order valence-corrected chi connectivity index (χ1v) is 4.17. The van der Waals surface area contributed by atoms with Crippen LogP contribution in [-0.4, -0.2) is 0 Å². The smallest absolute Gasteiger partial charge is 0.182 e. The zero-order valence-corrected chi connectivity index (χ0v) is 7.21. The molecule has 0 spiro atoms. The normalized spacial score (nSPS) is 16.2. The number of benzene rings is 1. The van der Waals surface area contributed by atoms with Gasteiger partial charge >= 0.3 is 0 Å². The third-order valence-electron chi connectivity index (χ3n) is 1.55. The van der Waals surface area contributed by atoms with E-state index in [1.165, 1.54) is 0 Å². The van der Waals surface area contributed by atoms with Gasteiger partial charge in [0.2, 0.25) is 0 Å². The molecule has 0 aromatic heterocycles. The van der Waals surface area contributed by atoms with Gasteiger partial charge in [0.1, 0.15) is 5.28 Å². The van der Waals surface area contributed by atoms with Gasteiger partial charge in [-0.3, -0.25) is 4.57 Å². The van der Waals surface area contributed by atoms with Crippen molar-refractivity contribution >= 4 is 8.46 Å². The molecular formula is C8H10NOP. The Kier molecular flexibility index (Phi) is 2.38. The first-order chi connectivity index (χ1) is 5.17. The maximum absolute atomic E-state index is 10.6. The molecule has 0 saturated heterocycles. The lowest BCUT2D eigenvalue weighted by molar-refractivity contribution is 0.570. The van der Waals surface area contributed by atoms with E-state index in [2.05, 4.69) is 0 Å². The Balaban J connectivity index is 3.02. The Hall–Kier alpha value is -0.720. The van der Waals surface area contributed by atoms with E-state index in [9.17, 15) is 4.57 Å². The van der Waals surface area contributed by atoms with Gasteiger partial charge in [0.05, 0.1) is 0 Å². The van der Waals surface area contributed by atoms with Crippen molar-refractivity contribution in [1.82, 2.24) is 0 Å². The average Bonchev–Trinajstić information content (AvgIpc) is 2.06. The molecule has 1 rings (SSSR count). The van der Waals surface area contributed by atoms with Crippen LogP contribution in [0.1, 0.15) is 12.5 Å². The van der Waals surface area contributed by atoms with Gasteiger partial charge in [-0.15, -0.1) is 0 Å². The number of rotatable bonds is 2. The van der Waals surface area contributed by atoms with Crippen LogP contribution in [0.4, 0.5) is 0 Å². The predicted octanol–water partition coefficient (Wildman–Crippen LogP) is 2.11. The summed E-state index contributed by atoms with van der Waals surface area (Å²) in [5, 5.41) is -0.749. The third-order valence-corrected chi connectivity index (χ3v) is 2.19. The summed E-state index contributed by atoms with van der Waals surface area (Å²) in [5.41, 5.74) is 6.60. The molecule has 0 saturated carbocycles. The second-order valence-electron chi connectivity index (χ2n) is 2.60. The molecule has 1 aromatic carbocycles. The van der Waals surface area contributed by atoms with Crippen LogP contribution < -0.4 is 5.73 Å². The molecule has 0 bridgehead atoms. The molecule has 0 heterocycles. The van der Waals surface area contributed by atoms with Gasteiger partial charge in [0.25, 0.3) is 0 Å². The van der Waals surface area contributed by atoms with Crippen molar-refractivity contribution in [3.8, 4) is 0 Å². The Morgan fingerprint density at radius 2 is 1.91 bits per heavy atom. The summed E-state index contributed by atoms with van der Waals surface area (Å²) in [6.07, 6.45) is 0. The van der Waals surface area contributed by atoms with E-state index in [1.54, 1.807) is 6.92 Å². The van der Waals surface area contributed by atoms with Crippen molar-refractivity contribution in [2.75, 3.05) is 0 Å². The lowest BCUT2D eigenvalue weighted by Crippen LogP contribution is -2.25. The summed E-state index contributed by atoms with van der Waals surface area (Å²) >= 11 is 0. The molecule has 2 N–H and O–H groups in total. The highest BCUT2D eigenvalue weighted by molar-refractivity contribution is 7.25. The molecule has 0 aliphatic heterocycles. The average molecular weight is 167 g/mol. The fraction of sp³-hybridized carbons (Fsp3) is 0.250. The second-order valence-corrected chi connectivity index (χ2v) is 3.72. The highest BCUT2D eigenvalue weighted by Gasteiger charge is 2.20. The highest BCUT2D eigenvalue weighted by Crippen LogP contribution is 2.27. The lowest BCUT2D eigenvalue weighted by atomic mass is 10.1. The number of nitrogens with two attached hydrogens (primary N) is 1. The van der Waals surface area contributed by atoms with Crippen LogP contribution in [0.5, 0.6) is 0 Å². The zero-order chi connectivity index (χ0) is 8.32. The summed E-state index contributed by atoms with van der Waals surface area (Å²) in [5.74, 6) is 0. The maximum atomic E-state index is 10.6. The molecule has 0 aliphatic rings. The van der Waals surface area contributed by atoms with Crippen molar-refractivity contribution in [3.63, 3.8) is 0 Å². The fourth-order valence-electron chi connectivity index (χ4n) is 0.828. The fourth-order valence-corrected chi connectivity index (χ4v) is 1.08. The summed E-state index contributed by atoms with van der Waals surface area (Å²) in [6, 6.07) is 9.40. The minimum atomic E-state index is -0.749. The minimum absolute atomic E-state index is 0.0512. The molecule has 2 nitrogen and oxygen atoms in total. The highest BCUT2D eigenvalue weighted by atomic mass is 31.1. The lowest BCUT2D eigenvalue weighted by Gasteiger charge is -2.14. The van der Waals surface area contributed by atoms with Gasteiger partial charge < -0.3 is 5.73 Å². The van der Waals surface area contributed by atoms with E-state index in [-0.39, 0.29) is 8.46 Å². The summed E-state index contributed by atoms with van der Waals surface area (Å²) in [4.78, 5) is 0. The molecule has 1 atom stereocenters. The monoisotopic (exact) mass is 167 g/mol. The van der Waals surface area contributed by atoms with Gasteiger partial charge in [0.15, 0.2) is 8.46 Å². The number of hydrogen-bond acceptors (Lipinski definition) is 2. The zero-order valence-electron chi connectivity index (χ0n) is 6.32. The molecule has 1 unspecified atom stereocenters. The van der Waals surface area contributed by atoms with Crippen LogP contribution in [-0.2, 0) is 9.85 Å². The van der Waals surface area contributed by atoms with Gasteiger partial charge in [-0.05, 0) is 12.5 Å². The molecule has 0 radical (unpaired) electrons. The predicted molar refractivity (Wildman–Crippen MR) is 45.6 cm³/mol. The van der Waals surface area contributed by atoms with Crippen molar-refractivity contribution in [3.05, 3.63) is 35.9 Å². The number of hydrogen-bond donors (Lipinski definition) is 1. The molecule has 0 aliphatic carbocycles. The Morgan fingerprint density at radius 3 is 2.36 bits per heavy atom. The Morgan fingerprint density at radius 1 is 1.36 bits per heavy atom. The quantitative estimate of drug-likeness (QED) is 0.685. The van der Waals surface area contributed by atoms with E-state index in [0.29, 0.717) is 0 Å². The van der Waals surface area contributed by atoms with Crippen molar-refractivity contribution < 1.29 is 4.57 Å². The molecule has 0 fully saturated rings. The van der Waals surface area contributed by atoms with Crippen LogP contribution >= 0.6 is 8.46 Å². The second kappa shape index (κ2) is 3.12. The first-order valence-electron chi connectivity index (χ1n) is 3.36. The van der Waals surface area contributed by atoms with Crippen LogP contribution in [0, 0.1) is 0 Å². The van der Waals surface area contributed by atoms with Crippen LogP contribution in [0.25, 0.3) is 0 Å². The Bertz CT molecular complexity index is 246. The van der Waals surface area contributed by atoms with Gasteiger partial charge in [-0.25, -0.2) is 0 Å². The summed E-state index contributed by atoms with van der Waals surface area (Å²) in [7, 11) is -0.0512. The molecular weight excluding hydrogens is 157 g/mol. The summed E-state index contributed by atoms with van der Waals surface area (Å²) < 4.78 is 10.6. The van der Waals surface area contributed by atoms with Crippen molar-refractivity contribution in [2.45, 2.75) is 12.2 Å². The topological polar surface area (TPSA) is 43.1 Å². The first kappa shape index (κ1) is 8.38. The summed E-state index contributed by atoms with van der Waals surface area (Å²) in [6.45, 7) is 1.73. The van der Waals surface area contributed by atoms with Crippen molar-refractivity contribution in [1.29, 1.82) is 0 Å². The van der Waals surface area contributed by atoms with Crippen LogP contribution in [0.15, 0.2) is 30.3 Å². The largest absolute Gasteiger partial charge is 0.312 e. The van der Waals surface area contributed by atoms with Crippen molar-refractivity contribution in [2.24, 2.45) is 5.73 Å². The molecule has 1 aromatic rings. The van der Waals surface area contributed by atoms with Gasteiger partial charge in [-0.2, -0.15) is 0 Å². The molecule has 0 amide bonds. The molecule has 11 heavy (non-hydrogen) atoms. The van der Waals surface area contributed by atoms with Crippen LogP contribution in [0.3, 0.4) is 0 Å². The maximum Gasteiger partial charge on any atom is 0.182 e. The van der Waals surface area contributed by atoms with E-state index in [4.69, 9.17) is 5.73 Å². The van der Waals surface area contributed by atoms with E-state index in [0.717, 1.165) is 5.56 Å². The third kappa shape index (κ3) is 1.86. The van der Waals surface area contributed by atoms with E-state index < -0.39 is 5.28 Å². The van der Waals surface area contributed by atoms with E-state index in [1.807, 2.05) is 30.3 Å². The van der Waals surface area contributed by atoms with Gasteiger partial charge in [-0.1, -0.05) is 30.3 Å². The standard InChI is InChI=1S/C8H10NOP/c1-8(9,11-10)7-5-3-2-4-6-7/h2-6H,9H2,1H3. The van der Waals surface area contributed by atoms with Crippen LogP contribution in [0.2, 0.25) is 0 Å². The Labute approximate surface area is 67.6 Å². The minimum Gasteiger partial charge on any atom is -0.312 e. The molecule has 58 valence electrons. The van der Waals surface area contributed by atoms with Gasteiger partial charge in [0, 0.05) is 0 Å². The van der Waals surface area contributed by atoms with E-state index >= 15 is 0 Å². The SMILES string of the molecule is CC(N)(P=O)c1ccccc1.